The maximum absolute atomic E-state index is 8.39. The van der Waals surface area contributed by atoms with E-state index in [1.54, 1.807) is 13.1 Å². The van der Waals surface area contributed by atoms with Crippen LogP contribution in [0.3, 0.4) is 0 Å². The zero-order valence-corrected chi connectivity index (χ0v) is 4.91. The molecule has 0 amide bonds. The Hall–Kier alpha value is -0.380. The van der Waals surface area contributed by atoms with Crippen molar-refractivity contribution >= 4 is 0 Å². The van der Waals surface area contributed by atoms with Crippen molar-refractivity contribution < 1.29 is 10.2 Å². The first-order chi connectivity index (χ1) is 3.68. The van der Waals surface area contributed by atoms with Crippen LogP contribution in [0.2, 0.25) is 0 Å². The van der Waals surface area contributed by atoms with E-state index < -0.39 is 6.41 Å². The monoisotopic (exact) mass is 117 g/mol. The predicted molar refractivity (Wildman–Crippen MR) is 31.1 cm³/mol. The number of nitrogens with zero attached hydrogens (tertiary/aromatic N) is 1. The van der Waals surface area contributed by atoms with Crippen LogP contribution in [0.4, 0.5) is 0 Å². The van der Waals surface area contributed by atoms with E-state index >= 15 is 0 Å². The first kappa shape index (κ1) is 7.62. The van der Waals surface area contributed by atoms with Crippen LogP contribution in [-0.2, 0) is 0 Å². The lowest BCUT2D eigenvalue weighted by molar-refractivity contribution is -0.140. The maximum atomic E-state index is 8.39. The molecule has 0 aliphatic carbocycles. The van der Waals surface area contributed by atoms with E-state index in [1.807, 2.05) is 0 Å². The molecule has 0 heterocycles. The molecule has 3 nitrogen and oxygen atoms in total. The van der Waals surface area contributed by atoms with Gasteiger partial charge >= 0.3 is 0 Å². The standard InChI is InChI=1S/C5H11NO2/c1-3-4-6(2)5(7)8/h3,5,7-8H,1,4H2,2H3. The third kappa shape index (κ3) is 2.74. The SMILES string of the molecule is C=CCN(C)C(O)O. The highest BCUT2D eigenvalue weighted by atomic mass is 16.5. The highest BCUT2D eigenvalue weighted by Crippen LogP contribution is 1.84. The van der Waals surface area contributed by atoms with Crippen molar-refractivity contribution in [2.45, 2.75) is 6.41 Å². The molecule has 0 rings (SSSR count). The van der Waals surface area contributed by atoms with Gasteiger partial charge in [0.25, 0.3) is 0 Å². The molecular formula is C5H11NO2. The van der Waals surface area contributed by atoms with Gasteiger partial charge in [-0.1, -0.05) is 6.08 Å². The first-order valence-electron chi connectivity index (χ1n) is 2.35. The van der Waals surface area contributed by atoms with E-state index in [2.05, 4.69) is 6.58 Å². The molecule has 0 radical (unpaired) electrons. The Balaban J connectivity index is 3.30. The molecule has 8 heavy (non-hydrogen) atoms. The van der Waals surface area contributed by atoms with Gasteiger partial charge in [0, 0.05) is 6.54 Å². The molecule has 2 N–H and O–H groups in total. The Labute approximate surface area is 48.9 Å². The van der Waals surface area contributed by atoms with Gasteiger partial charge in [0.05, 0.1) is 0 Å². The molecule has 0 atom stereocenters. The smallest absolute Gasteiger partial charge is 0.213 e. The van der Waals surface area contributed by atoms with Crippen molar-refractivity contribution in [2.24, 2.45) is 0 Å². The van der Waals surface area contributed by atoms with E-state index in [0.717, 1.165) is 0 Å². The van der Waals surface area contributed by atoms with Crippen LogP contribution in [0, 0.1) is 0 Å². The van der Waals surface area contributed by atoms with Crippen LogP contribution in [-0.4, -0.2) is 35.1 Å². The number of rotatable bonds is 3. The zero-order valence-electron chi connectivity index (χ0n) is 4.91. The second kappa shape index (κ2) is 3.60. The average Bonchev–Trinajstić information content (AvgIpc) is 1.67. The molecule has 0 aromatic carbocycles. The molecule has 0 saturated heterocycles. The Kier molecular flexibility index (Phi) is 3.43. The number of aliphatic hydroxyl groups excluding tert-OH is 1. The highest BCUT2D eigenvalue weighted by Gasteiger charge is 2.00. The Morgan fingerprint density at radius 1 is 1.75 bits per heavy atom. The summed E-state index contributed by atoms with van der Waals surface area (Å²) in [5.74, 6) is 0. The van der Waals surface area contributed by atoms with E-state index in [4.69, 9.17) is 10.2 Å². The minimum absolute atomic E-state index is 0.484. The second-order valence-electron chi connectivity index (χ2n) is 1.57. The van der Waals surface area contributed by atoms with Gasteiger partial charge in [-0.3, -0.25) is 4.90 Å². The summed E-state index contributed by atoms with van der Waals surface area (Å²) in [6.07, 6.45) is 0.229. The summed E-state index contributed by atoms with van der Waals surface area (Å²) in [6, 6.07) is 0. The molecule has 0 saturated carbocycles. The minimum Gasteiger partial charge on any atom is -0.356 e. The van der Waals surface area contributed by atoms with E-state index in [-0.39, 0.29) is 0 Å². The zero-order chi connectivity index (χ0) is 6.57. The first-order valence-corrected chi connectivity index (χ1v) is 2.35. The van der Waals surface area contributed by atoms with Gasteiger partial charge in [0.1, 0.15) is 0 Å². The number of hydrogen-bond acceptors (Lipinski definition) is 3. The summed E-state index contributed by atoms with van der Waals surface area (Å²) >= 11 is 0. The molecule has 0 aliphatic heterocycles. The lowest BCUT2D eigenvalue weighted by Crippen LogP contribution is -2.30. The summed E-state index contributed by atoms with van der Waals surface area (Å²) in [5.41, 5.74) is 0. The van der Waals surface area contributed by atoms with Crippen LogP contribution in [0.1, 0.15) is 0 Å². The Morgan fingerprint density at radius 2 is 2.25 bits per heavy atom. The Bertz CT molecular complexity index is 72.8. The third-order valence-corrected chi connectivity index (χ3v) is 0.811. The summed E-state index contributed by atoms with van der Waals surface area (Å²) in [7, 11) is 1.59. The van der Waals surface area contributed by atoms with Gasteiger partial charge in [-0.15, -0.1) is 6.58 Å². The van der Waals surface area contributed by atoms with Crippen molar-refractivity contribution in [1.29, 1.82) is 0 Å². The molecule has 48 valence electrons. The van der Waals surface area contributed by atoms with Crippen molar-refractivity contribution in [1.82, 2.24) is 4.90 Å². The molecular weight excluding hydrogens is 106 g/mol. The molecule has 0 unspecified atom stereocenters. The van der Waals surface area contributed by atoms with Gasteiger partial charge in [-0.2, -0.15) is 0 Å². The van der Waals surface area contributed by atoms with E-state index in [1.165, 1.54) is 4.90 Å². The largest absolute Gasteiger partial charge is 0.356 e. The average molecular weight is 117 g/mol. The van der Waals surface area contributed by atoms with Crippen molar-refractivity contribution in [3.8, 4) is 0 Å². The van der Waals surface area contributed by atoms with Crippen molar-refractivity contribution in [3.63, 3.8) is 0 Å². The topological polar surface area (TPSA) is 43.7 Å². The normalized spacial score (nSPS) is 10.6. The Morgan fingerprint density at radius 3 is 2.38 bits per heavy atom. The summed E-state index contributed by atoms with van der Waals surface area (Å²) < 4.78 is 0. The van der Waals surface area contributed by atoms with Gasteiger partial charge in [-0.25, -0.2) is 0 Å². The van der Waals surface area contributed by atoms with E-state index in [9.17, 15) is 0 Å². The van der Waals surface area contributed by atoms with Gasteiger partial charge in [0.15, 0.2) is 0 Å². The van der Waals surface area contributed by atoms with Crippen LogP contribution < -0.4 is 0 Å². The lowest BCUT2D eigenvalue weighted by Gasteiger charge is -2.14. The minimum atomic E-state index is -1.37. The third-order valence-electron chi connectivity index (χ3n) is 0.811. The predicted octanol–water partition coefficient (Wildman–Crippen LogP) is -0.628. The fraction of sp³-hybridized carbons (Fsp3) is 0.600. The summed E-state index contributed by atoms with van der Waals surface area (Å²) in [4.78, 5) is 1.34. The van der Waals surface area contributed by atoms with Gasteiger partial charge in [-0.05, 0) is 7.05 Å². The molecule has 0 aliphatic rings. The van der Waals surface area contributed by atoms with Gasteiger partial charge in [0.2, 0.25) is 6.41 Å². The maximum Gasteiger partial charge on any atom is 0.213 e. The number of aliphatic hydroxyl groups is 2. The summed E-state index contributed by atoms with van der Waals surface area (Å²) in [6.45, 7) is 3.90. The van der Waals surface area contributed by atoms with Gasteiger partial charge < -0.3 is 10.2 Å². The number of hydrogen-bond donors (Lipinski definition) is 2. The fourth-order valence-corrected chi connectivity index (χ4v) is 0.298. The molecule has 0 fully saturated rings. The van der Waals surface area contributed by atoms with Crippen molar-refractivity contribution in [2.75, 3.05) is 13.6 Å². The molecule has 0 aromatic rings. The van der Waals surface area contributed by atoms with Crippen LogP contribution in [0.25, 0.3) is 0 Å². The second-order valence-corrected chi connectivity index (χ2v) is 1.57. The summed E-state index contributed by atoms with van der Waals surface area (Å²) in [5, 5.41) is 16.8. The lowest BCUT2D eigenvalue weighted by atomic mass is 10.6. The van der Waals surface area contributed by atoms with Crippen LogP contribution >= 0.6 is 0 Å². The van der Waals surface area contributed by atoms with Crippen molar-refractivity contribution in [3.05, 3.63) is 12.7 Å². The highest BCUT2D eigenvalue weighted by molar-refractivity contribution is 4.69. The molecule has 0 aromatic heterocycles. The quantitative estimate of drug-likeness (QED) is 0.382. The fourth-order valence-electron chi connectivity index (χ4n) is 0.298. The van der Waals surface area contributed by atoms with E-state index in [0.29, 0.717) is 6.54 Å². The van der Waals surface area contributed by atoms with Crippen LogP contribution in [0.15, 0.2) is 12.7 Å². The molecule has 0 spiro atoms. The molecule has 3 heteroatoms. The number of likely N-dealkylation sites (N-methyl/N-ethyl adjacent to an activating group) is 1. The van der Waals surface area contributed by atoms with Crippen LogP contribution in [0.5, 0.6) is 0 Å². The molecule has 0 bridgehead atoms.